The van der Waals surface area contributed by atoms with E-state index in [1.165, 1.54) is 61.0 Å². The number of aryl methyl sites for hydroxylation is 1. The minimum Gasteiger partial charge on any atom is -0.497 e. The number of sulfonamides is 2. The van der Waals surface area contributed by atoms with Crippen LogP contribution >= 0.6 is 0 Å². The van der Waals surface area contributed by atoms with Crippen molar-refractivity contribution in [2.75, 3.05) is 37.3 Å². The summed E-state index contributed by atoms with van der Waals surface area (Å²) in [5.41, 5.74) is 1.39. The van der Waals surface area contributed by atoms with E-state index >= 15 is 0 Å². The number of amides is 1. The molecular formula is C26H29N3O7S2. The molecule has 0 unspecified atom stereocenters. The topological polar surface area (TPSA) is 131 Å². The van der Waals surface area contributed by atoms with Gasteiger partial charge in [-0.3, -0.25) is 9.52 Å². The standard InChI is InChI=1S/C26H29N3O7S2/c1-18-6-10-22(38(33,34)29-14-4-5-15-29)17-23(18)26(30)27-19-7-11-21(12-8-19)37(31,32)28-24-16-20(35-2)9-13-25(24)36-3/h6-13,16-17,28H,4-5,14-15H2,1-3H3,(H,27,30). The molecule has 2 N–H and O–H groups in total. The highest BCUT2D eigenvalue weighted by molar-refractivity contribution is 7.92. The Hall–Kier alpha value is -3.61. The lowest BCUT2D eigenvalue weighted by molar-refractivity contribution is 0.102. The molecule has 0 aromatic heterocycles. The van der Waals surface area contributed by atoms with E-state index in [9.17, 15) is 21.6 Å². The molecule has 202 valence electrons. The number of carbonyl (C=O) groups is 1. The van der Waals surface area contributed by atoms with Crippen LogP contribution < -0.4 is 19.5 Å². The van der Waals surface area contributed by atoms with Crippen molar-refractivity contribution in [1.82, 2.24) is 4.31 Å². The van der Waals surface area contributed by atoms with Gasteiger partial charge in [0.2, 0.25) is 10.0 Å². The molecule has 3 aromatic carbocycles. The maximum atomic E-state index is 13.0. The van der Waals surface area contributed by atoms with Crippen LogP contribution in [-0.4, -0.2) is 54.4 Å². The summed E-state index contributed by atoms with van der Waals surface area (Å²) < 4.78 is 66.1. The van der Waals surface area contributed by atoms with Crippen LogP contribution in [0.3, 0.4) is 0 Å². The second-order valence-corrected chi connectivity index (χ2v) is 12.4. The normalized spacial score (nSPS) is 14.2. The van der Waals surface area contributed by atoms with E-state index < -0.39 is 26.0 Å². The van der Waals surface area contributed by atoms with Gasteiger partial charge in [0.1, 0.15) is 11.5 Å². The molecule has 0 radical (unpaired) electrons. The summed E-state index contributed by atoms with van der Waals surface area (Å²) in [6, 6.07) is 14.8. The smallest absolute Gasteiger partial charge is 0.262 e. The number of rotatable bonds is 9. The lowest BCUT2D eigenvalue weighted by Gasteiger charge is -2.17. The van der Waals surface area contributed by atoms with Gasteiger partial charge in [-0.2, -0.15) is 4.31 Å². The average Bonchev–Trinajstić information content (AvgIpc) is 3.45. The fourth-order valence-corrected chi connectivity index (χ4v) is 6.70. The molecular weight excluding hydrogens is 530 g/mol. The van der Waals surface area contributed by atoms with Gasteiger partial charge in [0.05, 0.1) is 29.7 Å². The van der Waals surface area contributed by atoms with E-state index in [0.29, 0.717) is 35.8 Å². The Kier molecular flexibility index (Phi) is 7.95. The van der Waals surface area contributed by atoms with Crippen LogP contribution in [0.1, 0.15) is 28.8 Å². The number of carbonyl (C=O) groups excluding carboxylic acids is 1. The van der Waals surface area contributed by atoms with Gasteiger partial charge in [-0.1, -0.05) is 6.07 Å². The lowest BCUT2D eigenvalue weighted by atomic mass is 10.1. The quantitative estimate of drug-likeness (QED) is 0.407. The second-order valence-electron chi connectivity index (χ2n) is 8.74. The number of ether oxygens (including phenoxy) is 2. The summed E-state index contributed by atoms with van der Waals surface area (Å²) in [7, 11) is -4.76. The van der Waals surface area contributed by atoms with Crippen molar-refractivity contribution in [3.8, 4) is 11.5 Å². The van der Waals surface area contributed by atoms with E-state index in [0.717, 1.165) is 12.8 Å². The molecule has 12 heteroatoms. The summed E-state index contributed by atoms with van der Waals surface area (Å²) >= 11 is 0. The second kappa shape index (κ2) is 11.0. The molecule has 1 aliphatic heterocycles. The van der Waals surface area contributed by atoms with E-state index in [1.807, 2.05) is 0 Å². The first-order valence-electron chi connectivity index (χ1n) is 11.8. The minimum atomic E-state index is -3.97. The first-order chi connectivity index (χ1) is 18.0. The molecule has 38 heavy (non-hydrogen) atoms. The molecule has 1 heterocycles. The molecule has 0 spiro atoms. The first-order valence-corrected chi connectivity index (χ1v) is 14.7. The number of hydrogen-bond donors (Lipinski definition) is 2. The first kappa shape index (κ1) is 27.4. The largest absolute Gasteiger partial charge is 0.497 e. The van der Waals surface area contributed by atoms with Gasteiger partial charge in [0, 0.05) is 30.4 Å². The summed E-state index contributed by atoms with van der Waals surface area (Å²) in [6.45, 7) is 2.65. The van der Waals surface area contributed by atoms with Gasteiger partial charge in [-0.05, 0) is 73.9 Å². The summed E-state index contributed by atoms with van der Waals surface area (Å²) in [5, 5.41) is 2.71. The molecule has 0 bridgehead atoms. The molecule has 0 aliphatic carbocycles. The van der Waals surface area contributed by atoms with E-state index in [1.54, 1.807) is 25.1 Å². The van der Waals surface area contributed by atoms with E-state index in [-0.39, 0.29) is 21.0 Å². The number of methoxy groups -OCH3 is 2. The molecule has 1 amide bonds. The van der Waals surface area contributed by atoms with Crippen molar-refractivity contribution in [2.45, 2.75) is 29.6 Å². The zero-order valence-electron chi connectivity index (χ0n) is 21.2. The number of nitrogens with zero attached hydrogens (tertiary/aromatic N) is 1. The van der Waals surface area contributed by atoms with Crippen LogP contribution in [0, 0.1) is 6.92 Å². The summed E-state index contributed by atoms with van der Waals surface area (Å²) in [6.07, 6.45) is 1.62. The molecule has 1 aliphatic rings. The van der Waals surface area contributed by atoms with Gasteiger partial charge in [0.25, 0.3) is 15.9 Å². The zero-order chi connectivity index (χ0) is 27.5. The van der Waals surface area contributed by atoms with Gasteiger partial charge in [0.15, 0.2) is 0 Å². The SMILES string of the molecule is COc1ccc(OC)c(NS(=O)(=O)c2ccc(NC(=O)c3cc(S(=O)(=O)N4CCCC4)ccc3C)cc2)c1. The van der Waals surface area contributed by atoms with Crippen molar-refractivity contribution < 1.29 is 31.1 Å². The van der Waals surface area contributed by atoms with Crippen LogP contribution in [-0.2, 0) is 20.0 Å². The van der Waals surface area contributed by atoms with Gasteiger partial charge >= 0.3 is 0 Å². The average molecular weight is 560 g/mol. The van der Waals surface area contributed by atoms with Crippen LogP contribution in [0.25, 0.3) is 0 Å². The van der Waals surface area contributed by atoms with Gasteiger partial charge in [-0.25, -0.2) is 16.8 Å². The summed E-state index contributed by atoms with van der Waals surface area (Å²) in [4.78, 5) is 13.0. The number of hydrogen-bond acceptors (Lipinski definition) is 7. The van der Waals surface area contributed by atoms with Crippen LogP contribution in [0.15, 0.2) is 70.5 Å². The fraction of sp³-hybridized carbons (Fsp3) is 0.269. The van der Waals surface area contributed by atoms with Gasteiger partial charge < -0.3 is 14.8 Å². The molecule has 3 aromatic rings. The predicted octanol–water partition coefficient (Wildman–Crippen LogP) is 3.85. The minimum absolute atomic E-state index is 0.0322. The third-order valence-corrected chi connectivity index (χ3v) is 9.51. The number of benzene rings is 3. The Balaban J connectivity index is 1.51. The predicted molar refractivity (Wildman–Crippen MR) is 144 cm³/mol. The Labute approximate surface area is 222 Å². The number of nitrogens with one attached hydrogen (secondary N) is 2. The van der Waals surface area contributed by atoms with Gasteiger partial charge in [-0.15, -0.1) is 0 Å². The Morgan fingerprint density at radius 3 is 2.13 bits per heavy atom. The van der Waals surface area contributed by atoms with Crippen molar-refractivity contribution in [1.29, 1.82) is 0 Å². The maximum Gasteiger partial charge on any atom is 0.262 e. The summed E-state index contributed by atoms with van der Waals surface area (Å²) in [5.74, 6) is 0.271. The lowest BCUT2D eigenvalue weighted by Crippen LogP contribution is -2.28. The Bertz CT molecular complexity index is 1550. The van der Waals surface area contributed by atoms with E-state index in [2.05, 4.69) is 10.0 Å². The highest BCUT2D eigenvalue weighted by atomic mass is 32.2. The van der Waals surface area contributed by atoms with Crippen LogP contribution in [0.2, 0.25) is 0 Å². The number of anilines is 2. The van der Waals surface area contributed by atoms with Crippen molar-refractivity contribution in [3.63, 3.8) is 0 Å². The van der Waals surface area contributed by atoms with Crippen LogP contribution in [0.5, 0.6) is 11.5 Å². The Morgan fingerprint density at radius 1 is 0.842 bits per heavy atom. The van der Waals surface area contributed by atoms with E-state index in [4.69, 9.17) is 9.47 Å². The molecule has 4 rings (SSSR count). The monoisotopic (exact) mass is 559 g/mol. The zero-order valence-corrected chi connectivity index (χ0v) is 22.9. The van der Waals surface area contributed by atoms with Crippen molar-refractivity contribution in [3.05, 3.63) is 71.8 Å². The molecule has 1 fully saturated rings. The van der Waals surface area contributed by atoms with Crippen molar-refractivity contribution >= 4 is 37.3 Å². The van der Waals surface area contributed by atoms with Crippen molar-refractivity contribution in [2.24, 2.45) is 0 Å². The Morgan fingerprint density at radius 2 is 1.50 bits per heavy atom. The third-order valence-electron chi connectivity index (χ3n) is 6.23. The third kappa shape index (κ3) is 5.77. The highest BCUT2D eigenvalue weighted by Crippen LogP contribution is 2.31. The maximum absolute atomic E-state index is 13.0. The molecule has 10 nitrogen and oxygen atoms in total. The van der Waals surface area contributed by atoms with Crippen LogP contribution in [0.4, 0.5) is 11.4 Å². The highest BCUT2D eigenvalue weighted by Gasteiger charge is 2.28. The fourth-order valence-electron chi connectivity index (χ4n) is 4.10. The molecule has 0 atom stereocenters. The molecule has 1 saturated heterocycles. The molecule has 0 saturated carbocycles.